The number of alkyl halides is 1. The van der Waals surface area contributed by atoms with Crippen molar-refractivity contribution < 1.29 is 0 Å². The highest BCUT2D eigenvalue weighted by atomic mass is 79.9. The summed E-state index contributed by atoms with van der Waals surface area (Å²) in [6, 6.07) is 2.17. The summed E-state index contributed by atoms with van der Waals surface area (Å²) in [4.78, 5) is 1.38. The van der Waals surface area contributed by atoms with Crippen molar-refractivity contribution in [1.82, 2.24) is 5.32 Å². The molecule has 0 aromatic carbocycles. The minimum absolute atomic E-state index is 0.643. The van der Waals surface area contributed by atoms with Crippen LogP contribution in [0.1, 0.15) is 24.6 Å². The normalized spacial score (nSPS) is 13.0. The predicted molar refractivity (Wildman–Crippen MR) is 72.8 cm³/mol. The van der Waals surface area contributed by atoms with Gasteiger partial charge in [-0.1, -0.05) is 6.92 Å². The Morgan fingerprint density at radius 3 is 3.00 bits per heavy atom. The Hall–Kier alpha value is 0.430. The van der Waals surface area contributed by atoms with E-state index in [1.807, 2.05) is 0 Å². The molecule has 0 aliphatic heterocycles. The van der Waals surface area contributed by atoms with Crippen molar-refractivity contribution in [2.75, 3.05) is 12.4 Å². The van der Waals surface area contributed by atoms with Crippen LogP contribution in [0.4, 0.5) is 0 Å². The smallest absolute Gasteiger partial charge is 0.0300 e. The van der Waals surface area contributed by atoms with Crippen molar-refractivity contribution in [3.8, 4) is 0 Å². The van der Waals surface area contributed by atoms with Crippen LogP contribution in [0.3, 0.4) is 0 Å². The maximum absolute atomic E-state index is 5.74. The molecule has 0 saturated heterocycles. The van der Waals surface area contributed by atoms with Crippen LogP contribution in [0.15, 0.2) is 15.9 Å². The average molecular weight is 311 g/mol. The van der Waals surface area contributed by atoms with Gasteiger partial charge in [0.05, 0.1) is 0 Å². The highest BCUT2D eigenvalue weighted by Gasteiger charge is 2.00. The van der Waals surface area contributed by atoms with E-state index >= 15 is 0 Å². The van der Waals surface area contributed by atoms with E-state index in [2.05, 4.69) is 39.6 Å². The molecule has 1 aromatic rings. The van der Waals surface area contributed by atoms with Gasteiger partial charge in [0.25, 0.3) is 0 Å². The van der Waals surface area contributed by atoms with Crippen LogP contribution in [-0.4, -0.2) is 12.4 Å². The van der Waals surface area contributed by atoms with Gasteiger partial charge in [-0.05, 0) is 47.3 Å². The van der Waals surface area contributed by atoms with Crippen LogP contribution in [0.2, 0.25) is 0 Å². The van der Waals surface area contributed by atoms with E-state index < -0.39 is 0 Å². The predicted octanol–water partition coefficient (Wildman–Crippen LogP) is 4.26. The lowest BCUT2D eigenvalue weighted by molar-refractivity contribution is 0.532. The van der Waals surface area contributed by atoms with Gasteiger partial charge in [0.2, 0.25) is 0 Å². The standard InChI is InChI=1S/C11H17BrClNS/c1-9(6-13)3-2-4-14-7-11-5-10(12)8-15-11/h5,8-9,14H,2-4,6-7H2,1H3. The largest absolute Gasteiger partial charge is 0.312 e. The lowest BCUT2D eigenvalue weighted by Crippen LogP contribution is -2.14. The zero-order valence-corrected chi connectivity index (χ0v) is 12.1. The van der Waals surface area contributed by atoms with Gasteiger partial charge in [0.15, 0.2) is 0 Å². The van der Waals surface area contributed by atoms with Gasteiger partial charge < -0.3 is 5.32 Å². The number of nitrogens with one attached hydrogen (secondary N) is 1. The SMILES string of the molecule is CC(CCl)CCCNCc1cc(Br)cs1. The maximum atomic E-state index is 5.74. The van der Waals surface area contributed by atoms with Crippen LogP contribution in [0.25, 0.3) is 0 Å². The van der Waals surface area contributed by atoms with E-state index in [-0.39, 0.29) is 0 Å². The molecule has 1 aromatic heterocycles. The molecule has 0 aliphatic rings. The van der Waals surface area contributed by atoms with Crippen molar-refractivity contribution in [3.63, 3.8) is 0 Å². The zero-order valence-electron chi connectivity index (χ0n) is 8.93. The van der Waals surface area contributed by atoms with Gasteiger partial charge in [-0.25, -0.2) is 0 Å². The maximum Gasteiger partial charge on any atom is 0.0300 e. The number of halogens is 2. The monoisotopic (exact) mass is 309 g/mol. The molecule has 15 heavy (non-hydrogen) atoms. The third kappa shape index (κ3) is 5.91. The second-order valence-corrected chi connectivity index (χ2v) is 6.03. The minimum Gasteiger partial charge on any atom is -0.312 e. The van der Waals surface area contributed by atoms with Crippen LogP contribution < -0.4 is 5.32 Å². The Morgan fingerprint density at radius 2 is 2.40 bits per heavy atom. The van der Waals surface area contributed by atoms with Crippen LogP contribution in [0, 0.1) is 5.92 Å². The van der Waals surface area contributed by atoms with Gasteiger partial charge in [0, 0.05) is 27.2 Å². The number of rotatable bonds is 7. The van der Waals surface area contributed by atoms with Crippen LogP contribution >= 0.6 is 38.9 Å². The first kappa shape index (κ1) is 13.5. The molecule has 0 saturated carbocycles. The summed E-state index contributed by atoms with van der Waals surface area (Å²) in [6.45, 7) is 4.26. The topological polar surface area (TPSA) is 12.0 Å². The molecule has 0 radical (unpaired) electrons. The van der Waals surface area contributed by atoms with E-state index in [1.165, 1.54) is 22.2 Å². The number of hydrogen-bond acceptors (Lipinski definition) is 2. The summed E-state index contributed by atoms with van der Waals surface area (Å²) in [6.07, 6.45) is 2.42. The second-order valence-electron chi connectivity index (χ2n) is 3.81. The molecule has 4 heteroatoms. The highest BCUT2D eigenvalue weighted by Crippen LogP contribution is 2.19. The molecule has 1 heterocycles. The summed E-state index contributed by atoms with van der Waals surface area (Å²) in [7, 11) is 0. The first-order valence-electron chi connectivity index (χ1n) is 5.22. The molecule has 0 amide bonds. The first-order chi connectivity index (χ1) is 7.22. The van der Waals surface area contributed by atoms with Crippen molar-refractivity contribution in [2.45, 2.75) is 26.3 Å². The fraction of sp³-hybridized carbons (Fsp3) is 0.636. The molecule has 0 spiro atoms. The van der Waals surface area contributed by atoms with E-state index in [4.69, 9.17) is 11.6 Å². The lowest BCUT2D eigenvalue weighted by Gasteiger charge is -2.07. The fourth-order valence-electron chi connectivity index (χ4n) is 1.31. The third-order valence-corrected chi connectivity index (χ3v) is 4.46. The second kappa shape index (κ2) is 7.66. The zero-order chi connectivity index (χ0) is 11.1. The van der Waals surface area contributed by atoms with Gasteiger partial charge >= 0.3 is 0 Å². The van der Waals surface area contributed by atoms with Gasteiger partial charge in [-0.15, -0.1) is 22.9 Å². The molecule has 1 rings (SSSR count). The Kier molecular flexibility index (Phi) is 6.89. The third-order valence-electron chi connectivity index (χ3n) is 2.23. The van der Waals surface area contributed by atoms with Crippen molar-refractivity contribution in [1.29, 1.82) is 0 Å². The van der Waals surface area contributed by atoms with Gasteiger partial charge in [-0.3, -0.25) is 0 Å². The van der Waals surface area contributed by atoms with Crippen molar-refractivity contribution in [2.24, 2.45) is 5.92 Å². The molecule has 0 bridgehead atoms. The molecule has 1 N–H and O–H groups in total. The number of thiophene rings is 1. The van der Waals surface area contributed by atoms with E-state index in [0.29, 0.717) is 5.92 Å². The van der Waals surface area contributed by atoms with E-state index in [1.54, 1.807) is 11.3 Å². The van der Waals surface area contributed by atoms with Crippen LogP contribution in [0.5, 0.6) is 0 Å². The quantitative estimate of drug-likeness (QED) is 0.586. The first-order valence-corrected chi connectivity index (χ1v) is 7.42. The summed E-state index contributed by atoms with van der Waals surface area (Å²) in [5, 5.41) is 5.56. The molecular formula is C11H17BrClNS. The van der Waals surface area contributed by atoms with E-state index in [9.17, 15) is 0 Å². The minimum atomic E-state index is 0.643. The summed E-state index contributed by atoms with van der Waals surface area (Å²) < 4.78 is 1.18. The molecular weight excluding hydrogens is 294 g/mol. The van der Waals surface area contributed by atoms with Gasteiger partial charge in [0.1, 0.15) is 0 Å². The van der Waals surface area contributed by atoms with Crippen molar-refractivity contribution >= 4 is 38.9 Å². The van der Waals surface area contributed by atoms with Crippen molar-refractivity contribution in [3.05, 3.63) is 20.8 Å². The average Bonchev–Trinajstić information content (AvgIpc) is 2.63. The molecule has 1 unspecified atom stereocenters. The van der Waals surface area contributed by atoms with Gasteiger partial charge in [-0.2, -0.15) is 0 Å². The number of hydrogen-bond donors (Lipinski definition) is 1. The summed E-state index contributed by atoms with van der Waals surface area (Å²) >= 11 is 11.0. The lowest BCUT2D eigenvalue weighted by atomic mass is 10.1. The summed E-state index contributed by atoms with van der Waals surface area (Å²) in [5.74, 6) is 1.42. The fourth-order valence-corrected chi connectivity index (χ4v) is 2.89. The van der Waals surface area contributed by atoms with Crippen LogP contribution in [-0.2, 0) is 6.54 Å². The molecule has 0 fully saturated rings. The Labute approximate surface area is 109 Å². The highest BCUT2D eigenvalue weighted by molar-refractivity contribution is 9.10. The Balaban J connectivity index is 2.02. The summed E-state index contributed by atoms with van der Waals surface area (Å²) in [5.41, 5.74) is 0. The molecule has 0 aliphatic carbocycles. The molecule has 86 valence electrons. The molecule has 1 nitrogen and oxygen atoms in total. The van der Waals surface area contributed by atoms with E-state index in [0.717, 1.165) is 19.0 Å². The Bertz CT molecular complexity index is 277. The molecule has 1 atom stereocenters. The Morgan fingerprint density at radius 1 is 1.60 bits per heavy atom.